The van der Waals surface area contributed by atoms with Crippen LogP contribution in [0.1, 0.15) is 29.7 Å². The summed E-state index contributed by atoms with van der Waals surface area (Å²) in [5, 5.41) is 7.07. The van der Waals surface area contributed by atoms with Crippen LogP contribution in [0.4, 0.5) is 10.1 Å². The molecule has 132 valence electrons. The van der Waals surface area contributed by atoms with Crippen molar-refractivity contribution < 1.29 is 13.7 Å². The number of carbonyl (C=O) groups excluding carboxylic acids is 1. The summed E-state index contributed by atoms with van der Waals surface area (Å²) in [4.78, 5) is 12.9. The van der Waals surface area contributed by atoms with Crippen LogP contribution in [0.15, 0.2) is 53.1 Å². The van der Waals surface area contributed by atoms with E-state index in [9.17, 15) is 9.18 Å². The Hall–Kier alpha value is -2.95. The Morgan fingerprint density at radius 3 is 2.62 bits per heavy atom. The molecule has 1 saturated carbocycles. The van der Waals surface area contributed by atoms with Crippen LogP contribution in [0.5, 0.6) is 0 Å². The Bertz CT molecular complexity index is 989. The minimum absolute atomic E-state index is 0.0992. The third kappa shape index (κ3) is 2.79. The van der Waals surface area contributed by atoms with E-state index >= 15 is 0 Å². The number of halogens is 1. The molecule has 0 radical (unpaired) electrons. The molecular formula is C21H19FN2O2. The Morgan fingerprint density at radius 2 is 1.92 bits per heavy atom. The lowest BCUT2D eigenvalue weighted by atomic mass is 9.99. The van der Waals surface area contributed by atoms with Crippen molar-refractivity contribution in [2.24, 2.45) is 0 Å². The van der Waals surface area contributed by atoms with Gasteiger partial charge in [0.15, 0.2) is 5.76 Å². The molecule has 1 aromatic heterocycles. The summed E-state index contributed by atoms with van der Waals surface area (Å²) in [6.45, 7) is 3.98. The monoisotopic (exact) mass is 350 g/mol. The van der Waals surface area contributed by atoms with Gasteiger partial charge < -0.3 is 9.84 Å². The van der Waals surface area contributed by atoms with Gasteiger partial charge in [-0.3, -0.25) is 4.79 Å². The predicted octanol–water partition coefficient (Wildman–Crippen LogP) is 4.77. The fraction of sp³-hybridized carbons (Fsp3) is 0.238. The molecule has 26 heavy (non-hydrogen) atoms. The highest BCUT2D eigenvalue weighted by molar-refractivity contribution is 6.01. The molecule has 4 rings (SSSR count). The molecule has 1 heterocycles. The number of rotatable bonds is 4. The number of nitrogens with zero attached hydrogens (tertiary/aromatic N) is 1. The van der Waals surface area contributed by atoms with E-state index in [2.05, 4.69) is 10.5 Å². The lowest BCUT2D eigenvalue weighted by Crippen LogP contribution is -2.28. The lowest BCUT2D eigenvalue weighted by molar-refractivity contribution is -0.118. The average Bonchev–Trinajstić information content (AvgIpc) is 3.29. The predicted molar refractivity (Wildman–Crippen MR) is 97.4 cm³/mol. The number of carbonyl (C=O) groups is 1. The smallest absolute Gasteiger partial charge is 0.236 e. The standard InChI is InChI=1S/C21H19FN2O2/c1-13-7-8-17(14(2)11-13)23-20(25)21(9-10-21)19-12-18(26-24-19)15-5-3-4-6-16(15)22/h3-8,11-12H,9-10H2,1-2H3,(H,23,25). The largest absolute Gasteiger partial charge is 0.356 e. The Morgan fingerprint density at radius 1 is 1.15 bits per heavy atom. The molecule has 0 spiro atoms. The number of aromatic nitrogens is 1. The number of hydrogen-bond donors (Lipinski definition) is 1. The summed E-state index contributed by atoms with van der Waals surface area (Å²) in [5.74, 6) is -0.138. The van der Waals surface area contributed by atoms with Gasteiger partial charge in [-0.25, -0.2) is 4.39 Å². The van der Waals surface area contributed by atoms with Crippen molar-refractivity contribution >= 4 is 11.6 Å². The maximum absolute atomic E-state index is 14.0. The quantitative estimate of drug-likeness (QED) is 0.737. The molecule has 2 aromatic carbocycles. The highest BCUT2D eigenvalue weighted by Crippen LogP contribution is 2.49. The van der Waals surface area contributed by atoms with Crippen LogP contribution < -0.4 is 5.32 Å². The van der Waals surface area contributed by atoms with Gasteiger partial charge in [0.2, 0.25) is 5.91 Å². The molecule has 1 aliphatic rings. The fourth-order valence-corrected chi connectivity index (χ4v) is 3.21. The number of benzene rings is 2. The molecule has 1 aliphatic carbocycles. The molecule has 1 fully saturated rings. The number of nitrogens with one attached hydrogen (secondary N) is 1. The SMILES string of the molecule is Cc1ccc(NC(=O)C2(c3cc(-c4ccccc4F)on3)CC2)c(C)c1. The number of amides is 1. The van der Waals surface area contributed by atoms with E-state index in [0.717, 1.165) is 16.8 Å². The van der Waals surface area contributed by atoms with Crippen molar-refractivity contribution in [1.29, 1.82) is 0 Å². The molecule has 0 bridgehead atoms. The minimum Gasteiger partial charge on any atom is -0.356 e. The minimum atomic E-state index is -0.690. The first-order chi connectivity index (χ1) is 12.5. The highest BCUT2D eigenvalue weighted by atomic mass is 19.1. The van der Waals surface area contributed by atoms with Gasteiger partial charge >= 0.3 is 0 Å². The maximum Gasteiger partial charge on any atom is 0.236 e. The third-order valence-corrected chi connectivity index (χ3v) is 4.95. The average molecular weight is 350 g/mol. The third-order valence-electron chi connectivity index (χ3n) is 4.95. The van der Waals surface area contributed by atoms with Gasteiger partial charge in [-0.1, -0.05) is 35.0 Å². The van der Waals surface area contributed by atoms with Crippen LogP contribution in [0, 0.1) is 19.7 Å². The van der Waals surface area contributed by atoms with Gasteiger partial charge in [-0.05, 0) is 50.5 Å². The van der Waals surface area contributed by atoms with Crippen molar-refractivity contribution in [3.63, 3.8) is 0 Å². The normalized spacial score (nSPS) is 14.9. The van der Waals surface area contributed by atoms with Gasteiger partial charge in [0.25, 0.3) is 0 Å². The highest BCUT2D eigenvalue weighted by Gasteiger charge is 2.54. The van der Waals surface area contributed by atoms with E-state index in [4.69, 9.17) is 4.52 Å². The topological polar surface area (TPSA) is 55.1 Å². The van der Waals surface area contributed by atoms with Gasteiger partial charge in [-0.2, -0.15) is 0 Å². The zero-order chi connectivity index (χ0) is 18.3. The second-order valence-corrected chi connectivity index (χ2v) is 6.91. The van der Waals surface area contributed by atoms with Crippen molar-refractivity contribution in [3.05, 3.63) is 71.2 Å². The molecule has 3 aromatic rings. The van der Waals surface area contributed by atoms with Gasteiger partial charge in [0.1, 0.15) is 5.82 Å². The molecule has 0 unspecified atom stereocenters. The van der Waals surface area contributed by atoms with E-state index in [1.54, 1.807) is 24.3 Å². The molecule has 4 nitrogen and oxygen atoms in total. The van der Waals surface area contributed by atoms with E-state index in [-0.39, 0.29) is 11.7 Å². The molecule has 1 amide bonds. The van der Waals surface area contributed by atoms with E-state index in [1.165, 1.54) is 6.07 Å². The van der Waals surface area contributed by atoms with Gasteiger partial charge in [0.05, 0.1) is 16.7 Å². The van der Waals surface area contributed by atoms with E-state index in [1.807, 2.05) is 32.0 Å². The summed E-state index contributed by atoms with van der Waals surface area (Å²) in [6.07, 6.45) is 1.40. The van der Waals surface area contributed by atoms with Crippen molar-refractivity contribution in [2.75, 3.05) is 5.32 Å². The van der Waals surface area contributed by atoms with Crippen LogP contribution in [-0.2, 0) is 10.2 Å². The van der Waals surface area contributed by atoms with Crippen LogP contribution >= 0.6 is 0 Å². The molecular weight excluding hydrogens is 331 g/mol. The maximum atomic E-state index is 14.0. The first-order valence-electron chi connectivity index (χ1n) is 8.60. The first-order valence-corrected chi connectivity index (χ1v) is 8.60. The van der Waals surface area contributed by atoms with Crippen LogP contribution in [0.25, 0.3) is 11.3 Å². The van der Waals surface area contributed by atoms with Gasteiger partial charge in [-0.15, -0.1) is 0 Å². The zero-order valence-corrected chi connectivity index (χ0v) is 14.7. The molecule has 0 saturated heterocycles. The second-order valence-electron chi connectivity index (χ2n) is 6.91. The summed E-state index contributed by atoms with van der Waals surface area (Å²) in [7, 11) is 0. The fourth-order valence-electron chi connectivity index (χ4n) is 3.21. The number of anilines is 1. The Kier molecular flexibility index (Phi) is 3.87. The zero-order valence-electron chi connectivity index (χ0n) is 14.7. The van der Waals surface area contributed by atoms with Crippen molar-refractivity contribution in [3.8, 4) is 11.3 Å². The molecule has 0 aliphatic heterocycles. The van der Waals surface area contributed by atoms with Crippen molar-refractivity contribution in [2.45, 2.75) is 32.1 Å². The summed E-state index contributed by atoms with van der Waals surface area (Å²) in [6, 6.07) is 13.9. The van der Waals surface area contributed by atoms with Crippen LogP contribution in [0.2, 0.25) is 0 Å². The summed E-state index contributed by atoms with van der Waals surface area (Å²) in [5.41, 5.74) is 3.17. The second kappa shape index (κ2) is 6.09. The molecule has 5 heteroatoms. The first kappa shape index (κ1) is 16.5. The Labute approximate surface area is 151 Å². The van der Waals surface area contributed by atoms with Crippen LogP contribution in [0.3, 0.4) is 0 Å². The Balaban J connectivity index is 1.59. The lowest BCUT2D eigenvalue weighted by Gasteiger charge is -2.14. The van der Waals surface area contributed by atoms with E-state index in [0.29, 0.717) is 29.9 Å². The van der Waals surface area contributed by atoms with Crippen LogP contribution in [-0.4, -0.2) is 11.1 Å². The number of aryl methyl sites for hydroxylation is 2. The molecule has 0 atom stereocenters. The molecule has 1 N–H and O–H groups in total. The summed E-state index contributed by atoms with van der Waals surface area (Å²) >= 11 is 0. The van der Waals surface area contributed by atoms with E-state index < -0.39 is 5.41 Å². The number of hydrogen-bond acceptors (Lipinski definition) is 3. The van der Waals surface area contributed by atoms with Crippen molar-refractivity contribution in [1.82, 2.24) is 5.16 Å². The van der Waals surface area contributed by atoms with Gasteiger partial charge in [0, 0.05) is 11.8 Å². The summed E-state index contributed by atoms with van der Waals surface area (Å²) < 4.78 is 19.3.